The van der Waals surface area contributed by atoms with Crippen molar-refractivity contribution in [2.24, 2.45) is 0 Å². The summed E-state index contributed by atoms with van der Waals surface area (Å²) >= 11 is 3.55. The summed E-state index contributed by atoms with van der Waals surface area (Å²) in [6.07, 6.45) is 0.968. The number of nitrogens with one attached hydrogen (secondary N) is 1. The van der Waals surface area contributed by atoms with Crippen LogP contribution in [0.3, 0.4) is 0 Å². The maximum absolute atomic E-state index is 13.0. The highest BCUT2D eigenvalue weighted by molar-refractivity contribution is 9.10. The molecule has 1 atom stereocenters. The summed E-state index contributed by atoms with van der Waals surface area (Å²) in [5, 5.41) is 3.47. The van der Waals surface area contributed by atoms with Gasteiger partial charge in [-0.3, -0.25) is 0 Å². The van der Waals surface area contributed by atoms with E-state index in [0.717, 1.165) is 40.9 Å². The number of rotatable bonds is 4. The minimum absolute atomic E-state index is 0.154. The number of halogens is 2. The molecule has 110 valence electrons. The molecule has 0 amide bonds. The van der Waals surface area contributed by atoms with Crippen LogP contribution in [0.25, 0.3) is 0 Å². The Morgan fingerprint density at radius 2 is 2.05 bits per heavy atom. The van der Waals surface area contributed by atoms with Gasteiger partial charge in [-0.2, -0.15) is 0 Å². The largest absolute Gasteiger partial charge is 0.493 e. The Morgan fingerprint density at radius 1 is 1.29 bits per heavy atom. The molecule has 0 aliphatic carbocycles. The molecule has 1 N–H and O–H groups in total. The molecule has 1 heterocycles. The highest BCUT2D eigenvalue weighted by atomic mass is 79.9. The van der Waals surface area contributed by atoms with E-state index in [9.17, 15) is 4.39 Å². The second kappa shape index (κ2) is 6.16. The average Bonchev–Trinajstić information content (AvgIpc) is 2.93. The van der Waals surface area contributed by atoms with E-state index < -0.39 is 0 Å². The van der Waals surface area contributed by atoms with Crippen LogP contribution in [-0.2, 0) is 13.0 Å². The summed E-state index contributed by atoms with van der Waals surface area (Å²) in [6, 6.07) is 11.0. The Labute approximate surface area is 132 Å². The lowest BCUT2D eigenvalue weighted by Crippen LogP contribution is -2.18. The van der Waals surface area contributed by atoms with Crippen LogP contribution in [0.5, 0.6) is 5.75 Å². The van der Waals surface area contributed by atoms with Crippen LogP contribution in [-0.4, -0.2) is 6.61 Å². The number of hydrogen-bond donors (Lipinski definition) is 1. The normalized spacial score (nSPS) is 14.6. The molecule has 0 spiro atoms. The molecule has 0 radical (unpaired) electrons. The van der Waals surface area contributed by atoms with Crippen LogP contribution in [0.1, 0.15) is 29.7 Å². The summed E-state index contributed by atoms with van der Waals surface area (Å²) in [4.78, 5) is 0. The molecule has 0 fully saturated rings. The van der Waals surface area contributed by atoms with Gasteiger partial charge in [0, 0.05) is 29.0 Å². The fourth-order valence-electron chi connectivity index (χ4n) is 2.61. The van der Waals surface area contributed by atoms with Gasteiger partial charge >= 0.3 is 0 Å². The third kappa shape index (κ3) is 3.27. The predicted molar refractivity (Wildman–Crippen MR) is 85.0 cm³/mol. The van der Waals surface area contributed by atoms with E-state index in [4.69, 9.17) is 4.74 Å². The monoisotopic (exact) mass is 349 g/mol. The highest BCUT2D eigenvalue weighted by Gasteiger charge is 2.17. The number of fused-ring (bicyclic) bond motifs is 1. The minimum atomic E-state index is -0.204. The third-order valence-corrected chi connectivity index (χ3v) is 4.25. The molecule has 1 aliphatic heterocycles. The van der Waals surface area contributed by atoms with E-state index in [1.807, 2.05) is 12.1 Å². The van der Waals surface area contributed by atoms with Crippen molar-refractivity contribution in [3.05, 3.63) is 63.4 Å². The van der Waals surface area contributed by atoms with Gasteiger partial charge in [-0.25, -0.2) is 4.39 Å². The zero-order valence-electron chi connectivity index (χ0n) is 11.8. The zero-order valence-corrected chi connectivity index (χ0v) is 13.4. The van der Waals surface area contributed by atoms with E-state index in [1.165, 1.54) is 17.7 Å². The van der Waals surface area contributed by atoms with Gasteiger partial charge in [-0.05, 0) is 42.3 Å². The van der Waals surface area contributed by atoms with Crippen LogP contribution in [0.15, 0.2) is 40.9 Å². The summed E-state index contributed by atoms with van der Waals surface area (Å²) in [5.74, 6) is 0.807. The minimum Gasteiger partial charge on any atom is -0.493 e. The molecular formula is C17H17BrFNO. The van der Waals surface area contributed by atoms with Crippen molar-refractivity contribution in [3.8, 4) is 5.75 Å². The van der Waals surface area contributed by atoms with E-state index in [0.29, 0.717) is 0 Å². The van der Waals surface area contributed by atoms with Crippen molar-refractivity contribution in [3.63, 3.8) is 0 Å². The topological polar surface area (TPSA) is 21.3 Å². The van der Waals surface area contributed by atoms with E-state index in [2.05, 4.69) is 40.3 Å². The Balaban J connectivity index is 1.72. The molecule has 2 aromatic rings. The Bertz CT molecular complexity index is 642. The van der Waals surface area contributed by atoms with E-state index >= 15 is 0 Å². The van der Waals surface area contributed by atoms with Crippen LogP contribution < -0.4 is 10.1 Å². The second-order valence-corrected chi connectivity index (χ2v) is 6.22. The molecule has 21 heavy (non-hydrogen) atoms. The first-order valence-corrected chi connectivity index (χ1v) is 7.86. The molecule has 3 rings (SSSR count). The van der Waals surface area contributed by atoms with Crippen LogP contribution in [0.4, 0.5) is 4.39 Å². The SMILES string of the molecule is CC(NCc1cc(Br)cc2c1OCC2)c1ccc(F)cc1. The zero-order chi connectivity index (χ0) is 14.8. The first-order chi connectivity index (χ1) is 10.1. The molecule has 2 nitrogen and oxygen atoms in total. The molecule has 1 unspecified atom stereocenters. The van der Waals surface area contributed by atoms with Gasteiger partial charge in [-0.15, -0.1) is 0 Å². The Hall–Kier alpha value is -1.39. The van der Waals surface area contributed by atoms with Gasteiger partial charge in [0.05, 0.1) is 6.61 Å². The predicted octanol–water partition coefficient (Wildman–Crippen LogP) is 4.37. The smallest absolute Gasteiger partial charge is 0.127 e. The highest BCUT2D eigenvalue weighted by Crippen LogP contribution is 2.33. The van der Waals surface area contributed by atoms with Gasteiger partial charge in [0.15, 0.2) is 0 Å². The van der Waals surface area contributed by atoms with Crippen molar-refractivity contribution >= 4 is 15.9 Å². The van der Waals surface area contributed by atoms with Gasteiger partial charge in [-0.1, -0.05) is 28.1 Å². The lowest BCUT2D eigenvalue weighted by molar-refractivity contribution is 0.351. The summed E-state index contributed by atoms with van der Waals surface area (Å²) in [5.41, 5.74) is 3.49. The van der Waals surface area contributed by atoms with Crippen LogP contribution in [0.2, 0.25) is 0 Å². The lowest BCUT2D eigenvalue weighted by atomic mass is 10.1. The molecule has 2 aromatic carbocycles. The van der Waals surface area contributed by atoms with Gasteiger partial charge in [0.1, 0.15) is 11.6 Å². The molecular weight excluding hydrogens is 333 g/mol. The van der Waals surface area contributed by atoms with Crippen molar-refractivity contribution in [1.82, 2.24) is 5.32 Å². The van der Waals surface area contributed by atoms with Gasteiger partial charge in [0.2, 0.25) is 0 Å². The summed E-state index contributed by atoms with van der Waals surface area (Å²) < 4.78 is 19.8. The van der Waals surface area contributed by atoms with Crippen molar-refractivity contribution in [2.75, 3.05) is 6.61 Å². The third-order valence-electron chi connectivity index (χ3n) is 3.79. The molecule has 1 aliphatic rings. The number of ether oxygens (including phenoxy) is 1. The number of hydrogen-bond acceptors (Lipinski definition) is 2. The van der Waals surface area contributed by atoms with E-state index in [-0.39, 0.29) is 11.9 Å². The van der Waals surface area contributed by atoms with Gasteiger partial charge in [0.25, 0.3) is 0 Å². The lowest BCUT2D eigenvalue weighted by Gasteiger charge is -2.16. The fraction of sp³-hybridized carbons (Fsp3) is 0.294. The summed E-state index contributed by atoms with van der Waals surface area (Å²) in [6.45, 7) is 3.55. The van der Waals surface area contributed by atoms with Crippen LogP contribution >= 0.6 is 15.9 Å². The molecule has 4 heteroatoms. The Kier molecular flexibility index (Phi) is 4.27. The quantitative estimate of drug-likeness (QED) is 0.884. The van der Waals surface area contributed by atoms with Crippen LogP contribution in [0, 0.1) is 5.82 Å². The maximum Gasteiger partial charge on any atom is 0.127 e. The Morgan fingerprint density at radius 3 is 2.81 bits per heavy atom. The first-order valence-electron chi connectivity index (χ1n) is 7.06. The standard InChI is InChI=1S/C17H17BrFNO/c1-11(12-2-4-16(19)5-3-12)20-10-14-9-15(18)8-13-6-7-21-17(13)14/h2-5,8-9,11,20H,6-7,10H2,1H3. The molecule has 0 bridgehead atoms. The van der Waals surface area contributed by atoms with Gasteiger partial charge < -0.3 is 10.1 Å². The van der Waals surface area contributed by atoms with Crippen molar-refractivity contribution in [1.29, 1.82) is 0 Å². The molecule has 0 saturated carbocycles. The fourth-order valence-corrected chi connectivity index (χ4v) is 3.16. The number of benzene rings is 2. The second-order valence-electron chi connectivity index (χ2n) is 5.31. The van der Waals surface area contributed by atoms with Crippen molar-refractivity contribution in [2.45, 2.75) is 25.9 Å². The maximum atomic E-state index is 13.0. The first kappa shape index (κ1) is 14.5. The summed E-state index contributed by atoms with van der Waals surface area (Å²) in [7, 11) is 0. The van der Waals surface area contributed by atoms with Crippen molar-refractivity contribution < 1.29 is 9.13 Å². The molecule has 0 saturated heterocycles. The average molecular weight is 350 g/mol. The molecule has 0 aromatic heterocycles. The van der Waals surface area contributed by atoms with E-state index in [1.54, 1.807) is 0 Å².